The van der Waals surface area contributed by atoms with Gasteiger partial charge in [-0.3, -0.25) is 4.79 Å². The molecule has 0 spiro atoms. The molecule has 2 aromatic rings. The zero-order chi connectivity index (χ0) is 16.2. The van der Waals surface area contributed by atoms with Gasteiger partial charge >= 0.3 is 0 Å². The molecule has 3 rings (SSSR count). The van der Waals surface area contributed by atoms with Crippen LogP contribution >= 0.6 is 0 Å². The highest BCUT2D eigenvalue weighted by atomic mass is 19.1. The lowest BCUT2D eigenvalue weighted by Crippen LogP contribution is -2.21. The third-order valence-corrected chi connectivity index (χ3v) is 3.48. The number of benzene rings is 2. The van der Waals surface area contributed by atoms with Crippen LogP contribution in [0.25, 0.3) is 6.08 Å². The maximum Gasteiger partial charge on any atom is 0.280 e. The van der Waals surface area contributed by atoms with Crippen LogP contribution in [0.3, 0.4) is 0 Å². The van der Waals surface area contributed by atoms with E-state index in [9.17, 15) is 9.18 Å². The van der Waals surface area contributed by atoms with Crippen molar-refractivity contribution in [2.75, 3.05) is 5.01 Å². The Morgan fingerprint density at radius 3 is 2.43 bits per heavy atom. The fourth-order valence-corrected chi connectivity index (χ4v) is 2.29. The fourth-order valence-electron chi connectivity index (χ4n) is 2.29. The average Bonchev–Trinajstić information content (AvgIpc) is 2.85. The SMILES string of the molecule is CC1=NN(c2ccc(F)cc2)C(=O)/C1=C/C=C/c1ccccc1. The molecule has 114 valence electrons. The van der Waals surface area contributed by atoms with Gasteiger partial charge in [-0.2, -0.15) is 10.1 Å². The standard InChI is InChI=1S/C19H15FN2O/c1-14-18(9-5-8-15-6-3-2-4-7-15)19(23)22(21-14)17-12-10-16(20)11-13-17/h2-13H,1H3/b8-5+,18-9+. The molecule has 1 amide bonds. The number of amides is 1. The van der Waals surface area contributed by atoms with E-state index in [1.54, 1.807) is 13.0 Å². The van der Waals surface area contributed by atoms with Gasteiger partial charge in [-0.25, -0.2) is 4.39 Å². The molecule has 2 aromatic carbocycles. The Kier molecular flexibility index (Phi) is 4.15. The minimum atomic E-state index is -0.345. The minimum absolute atomic E-state index is 0.216. The molecule has 0 radical (unpaired) electrons. The van der Waals surface area contributed by atoms with Gasteiger partial charge in [-0.05, 0) is 42.8 Å². The minimum Gasteiger partial charge on any atom is -0.267 e. The summed E-state index contributed by atoms with van der Waals surface area (Å²) in [6, 6.07) is 15.5. The normalized spacial score (nSPS) is 16.4. The van der Waals surface area contributed by atoms with Gasteiger partial charge in [0.1, 0.15) is 5.82 Å². The number of hydrogen-bond acceptors (Lipinski definition) is 2. The van der Waals surface area contributed by atoms with Crippen molar-refractivity contribution in [3.05, 3.63) is 83.7 Å². The third-order valence-electron chi connectivity index (χ3n) is 3.48. The van der Waals surface area contributed by atoms with Crippen LogP contribution in [0.1, 0.15) is 12.5 Å². The van der Waals surface area contributed by atoms with Crippen molar-refractivity contribution in [1.82, 2.24) is 0 Å². The molecular formula is C19H15FN2O. The highest BCUT2D eigenvalue weighted by molar-refractivity contribution is 6.29. The summed E-state index contributed by atoms with van der Waals surface area (Å²) in [6.07, 6.45) is 5.50. The predicted octanol–water partition coefficient (Wildman–Crippen LogP) is 4.19. The van der Waals surface area contributed by atoms with Crippen molar-refractivity contribution >= 4 is 23.4 Å². The molecule has 0 aliphatic carbocycles. The number of hydrazone groups is 1. The Morgan fingerprint density at radius 2 is 1.74 bits per heavy atom. The highest BCUT2D eigenvalue weighted by Gasteiger charge is 2.28. The molecular weight excluding hydrogens is 291 g/mol. The quantitative estimate of drug-likeness (QED) is 0.783. The Hall–Kier alpha value is -3.01. The summed E-state index contributed by atoms with van der Waals surface area (Å²) in [5.41, 5.74) is 2.77. The van der Waals surface area contributed by atoms with Crippen molar-refractivity contribution in [1.29, 1.82) is 0 Å². The monoisotopic (exact) mass is 306 g/mol. The van der Waals surface area contributed by atoms with E-state index < -0.39 is 0 Å². The molecule has 0 aromatic heterocycles. The molecule has 0 bridgehead atoms. The molecule has 23 heavy (non-hydrogen) atoms. The summed E-state index contributed by atoms with van der Waals surface area (Å²) < 4.78 is 13.0. The Morgan fingerprint density at radius 1 is 1.04 bits per heavy atom. The van der Waals surface area contributed by atoms with Crippen LogP contribution in [0.4, 0.5) is 10.1 Å². The van der Waals surface area contributed by atoms with E-state index in [0.29, 0.717) is 17.0 Å². The summed E-state index contributed by atoms with van der Waals surface area (Å²) in [7, 11) is 0. The first-order valence-corrected chi connectivity index (χ1v) is 7.24. The smallest absolute Gasteiger partial charge is 0.267 e. The molecule has 0 atom stereocenters. The van der Waals surface area contributed by atoms with Crippen molar-refractivity contribution in [3.63, 3.8) is 0 Å². The van der Waals surface area contributed by atoms with Crippen molar-refractivity contribution < 1.29 is 9.18 Å². The topological polar surface area (TPSA) is 32.7 Å². The van der Waals surface area contributed by atoms with Gasteiger partial charge in [-0.1, -0.05) is 42.5 Å². The molecule has 1 aliphatic rings. The van der Waals surface area contributed by atoms with Gasteiger partial charge in [0.15, 0.2) is 0 Å². The lowest BCUT2D eigenvalue weighted by molar-refractivity contribution is -0.114. The summed E-state index contributed by atoms with van der Waals surface area (Å²) in [6.45, 7) is 1.78. The predicted molar refractivity (Wildman–Crippen MR) is 90.6 cm³/mol. The van der Waals surface area contributed by atoms with Gasteiger partial charge in [0.25, 0.3) is 5.91 Å². The van der Waals surface area contributed by atoms with Crippen molar-refractivity contribution in [3.8, 4) is 0 Å². The fraction of sp³-hybridized carbons (Fsp3) is 0.0526. The largest absolute Gasteiger partial charge is 0.280 e. The second-order valence-corrected chi connectivity index (χ2v) is 5.13. The maximum absolute atomic E-state index is 13.0. The zero-order valence-corrected chi connectivity index (χ0v) is 12.6. The highest BCUT2D eigenvalue weighted by Crippen LogP contribution is 2.23. The van der Waals surface area contributed by atoms with E-state index in [0.717, 1.165) is 5.56 Å². The van der Waals surface area contributed by atoms with Crippen molar-refractivity contribution in [2.45, 2.75) is 6.92 Å². The van der Waals surface area contributed by atoms with Gasteiger partial charge in [0.05, 0.1) is 17.0 Å². The second kappa shape index (κ2) is 6.40. The molecule has 1 aliphatic heterocycles. The third kappa shape index (κ3) is 3.26. The number of halogens is 1. The van der Waals surface area contributed by atoms with E-state index in [4.69, 9.17) is 0 Å². The van der Waals surface area contributed by atoms with Crippen LogP contribution in [0.2, 0.25) is 0 Å². The van der Waals surface area contributed by atoms with E-state index in [2.05, 4.69) is 5.10 Å². The van der Waals surface area contributed by atoms with Gasteiger partial charge in [0, 0.05) is 0 Å². The molecule has 4 heteroatoms. The number of anilines is 1. The number of nitrogens with zero attached hydrogens (tertiary/aromatic N) is 2. The molecule has 0 unspecified atom stereocenters. The van der Waals surface area contributed by atoms with Crippen LogP contribution in [0.5, 0.6) is 0 Å². The van der Waals surface area contributed by atoms with E-state index in [1.165, 1.54) is 29.3 Å². The molecule has 0 saturated carbocycles. The van der Waals surface area contributed by atoms with Crippen LogP contribution < -0.4 is 5.01 Å². The molecule has 0 saturated heterocycles. The number of hydrogen-bond donors (Lipinski definition) is 0. The van der Waals surface area contributed by atoms with E-state index >= 15 is 0 Å². The second-order valence-electron chi connectivity index (χ2n) is 5.13. The molecule has 1 heterocycles. The van der Waals surface area contributed by atoms with Crippen LogP contribution in [0.15, 0.2) is 77.4 Å². The first-order valence-electron chi connectivity index (χ1n) is 7.24. The van der Waals surface area contributed by atoms with Crippen LogP contribution in [-0.2, 0) is 4.79 Å². The first kappa shape index (κ1) is 14.9. The summed E-state index contributed by atoms with van der Waals surface area (Å²) in [5.74, 6) is -0.561. The van der Waals surface area contributed by atoms with Crippen molar-refractivity contribution in [2.24, 2.45) is 5.10 Å². The summed E-state index contributed by atoms with van der Waals surface area (Å²) in [4.78, 5) is 12.5. The summed E-state index contributed by atoms with van der Waals surface area (Å²) >= 11 is 0. The van der Waals surface area contributed by atoms with E-state index in [1.807, 2.05) is 42.5 Å². The maximum atomic E-state index is 13.0. The Bertz CT molecular complexity index is 805. The number of carbonyl (C=O) groups is 1. The lowest BCUT2D eigenvalue weighted by Gasteiger charge is -2.11. The molecule has 0 N–H and O–H groups in total. The van der Waals surface area contributed by atoms with E-state index in [-0.39, 0.29) is 11.7 Å². The zero-order valence-electron chi connectivity index (χ0n) is 12.6. The summed E-state index contributed by atoms with van der Waals surface area (Å²) in [5, 5.41) is 5.54. The van der Waals surface area contributed by atoms with Gasteiger partial charge in [0.2, 0.25) is 0 Å². The van der Waals surface area contributed by atoms with Crippen LogP contribution in [-0.4, -0.2) is 11.6 Å². The number of allylic oxidation sites excluding steroid dienone is 2. The molecule has 3 nitrogen and oxygen atoms in total. The average molecular weight is 306 g/mol. The first-order chi connectivity index (χ1) is 11.1. The van der Waals surface area contributed by atoms with Gasteiger partial charge < -0.3 is 0 Å². The van der Waals surface area contributed by atoms with Crippen LogP contribution in [0, 0.1) is 5.82 Å². The Labute approximate surface area is 134 Å². The lowest BCUT2D eigenvalue weighted by atomic mass is 10.1. The molecule has 0 fully saturated rings. The Balaban J connectivity index is 1.81. The number of carbonyl (C=O) groups excluding carboxylic acids is 1. The van der Waals surface area contributed by atoms with Gasteiger partial charge in [-0.15, -0.1) is 0 Å². The number of rotatable bonds is 3.